The van der Waals surface area contributed by atoms with Crippen molar-refractivity contribution in [2.75, 3.05) is 5.43 Å². The first-order valence-electron chi connectivity index (χ1n) is 5.75. The number of rotatable bonds is 4. The molecule has 0 amide bonds. The van der Waals surface area contributed by atoms with Crippen LogP contribution >= 0.6 is 11.8 Å². The molecule has 0 aliphatic rings. The maximum Gasteiger partial charge on any atom is 0.257 e. The third kappa shape index (κ3) is 2.69. The van der Waals surface area contributed by atoms with Gasteiger partial charge < -0.3 is 9.84 Å². The standard InChI is InChI=1S/C13H12N4OS/c14-17-12-6-5-9(7-15-12)8-19-13-16-10-3-1-2-4-11(10)18-13/h1-7H,8,14H2,(H,15,17). The molecule has 0 spiro atoms. The second kappa shape index (κ2) is 5.29. The molecule has 0 radical (unpaired) electrons. The highest BCUT2D eigenvalue weighted by molar-refractivity contribution is 7.98. The van der Waals surface area contributed by atoms with Gasteiger partial charge in [-0.3, -0.25) is 0 Å². The molecule has 3 N–H and O–H groups in total. The Morgan fingerprint density at radius 3 is 2.84 bits per heavy atom. The molecule has 0 saturated heterocycles. The molecule has 3 rings (SSSR count). The van der Waals surface area contributed by atoms with Crippen LogP contribution in [0.4, 0.5) is 5.82 Å². The second-order valence-electron chi connectivity index (χ2n) is 3.93. The van der Waals surface area contributed by atoms with Gasteiger partial charge in [0.15, 0.2) is 5.58 Å². The van der Waals surface area contributed by atoms with Gasteiger partial charge in [0.2, 0.25) is 0 Å². The molecule has 0 aliphatic carbocycles. The fraction of sp³-hybridized carbons (Fsp3) is 0.0769. The zero-order valence-electron chi connectivity index (χ0n) is 10.0. The van der Waals surface area contributed by atoms with Crippen LogP contribution < -0.4 is 11.3 Å². The Bertz CT molecular complexity index is 647. The van der Waals surface area contributed by atoms with Crippen molar-refractivity contribution in [3.05, 3.63) is 48.2 Å². The fourth-order valence-corrected chi connectivity index (χ4v) is 2.43. The largest absolute Gasteiger partial charge is 0.431 e. The summed E-state index contributed by atoms with van der Waals surface area (Å²) in [6.45, 7) is 0. The number of nitrogens with zero attached hydrogens (tertiary/aromatic N) is 2. The molecule has 3 aromatic rings. The summed E-state index contributed by atoms with van der Waals surface area (Å²) in [4.78, 5) is 8.56. The molecule has 2 heterocycles. The van der Waals surface area contributed by atoms with Crippen molar-refractivity contribution in [3.63, 3.8) is 0 Å². The van der Waals surface area contributed by atoms with Crippen LogP contribution in [0.5, 0.6) is 0 Å². The van der Waals surface area contributed by atoms with Crippen LogP contribution in [-0.2, 0) is 5.75 Å². The van der Waals surface area contributed by atoms with E-state index >= 15 is 0 Å². The number of hydrogen-bond donors (Lipinski definition) is 2. The molecule has 2 aromatic heterocycles. The highest BCUT2D eigenvalue weighted by Gasteiger charge is 2.06. The molecule has 1 aromatic carbocycles. The van der Waals surface area contributed by atoms with Crippen LogP contribution in [0, 0.1) is 0 Å². The Kier molecular flexibility index (Phi) is 3.35. The summed E-state index contributed by atoms with van der Waals surface area (Å²) in [5.74, 6) is 6.67. The van der Waals surface area contributed by atoms with Crippen LogP contribution in [0.1, 0.15) is 5.56 Å². The smallest absolute Gasteiger partial charge is 0.257 e. The number of fused-ring (bicyclic) bond motifs is 1. The van der Waals surface area contributed by atoms with E-state index in [2.05, 4.69) is 15.4 Å². The summed E-state index contributed by atoms with van der Waals surface area (Å²) >= 11 is 1.54. The third-order valence-electron chi connectivity index (χ3n) is 2.61. The van der Waals surface area contributed by atoms with E-state index in [-0.39, 0.29) is 0 Å². The van der Waals surface area contributed by atoms with Crippen molar-refractivity contribution in [1.82, 2.24) is 9.97 Å². The molecule has 0 unspecified atom stereocenters. The molecular weight excluding hydrogens is 260 g/mol. The summed E-state index contributed by atoms with van der Waals surface area (Å²) < 4.78 is 5.63. The zero-order valence-corrected chi connectivity index (χ0v) is 10.9. The Balaban J connectivity index is 1.70. The minimum absolute atomic E-state index is 0.649. The number of nitrogen functional groups attached to an aromatic ring is 1. The van der Waals surface area contributed by atoms with Gasteiger partial charge in [0.05, 0.1) is 0 Å². The van der Waals surface area contributed by atoms with Gasteiger partial charge in [-0.25, -0.2) is 15.8 Å². The highest BCUT2D eigenvalue weighted by atomic mass is 32.2. The molecule has 0 bridgehead atoms. The molecule has 96 valence electrons. The lowest BCUT2D eigenvalue weighted by molar-refractivity contribution is 0.489. The second-order valence-corrected chi connectivity index (χ2v) is 4.86. The van der Waals surface area contributed by atoms with Crippen molar-refractivity contribution in [3.8, 4) is 0 Å². The van der Waals surface area contributed by atoms with Crippen molar-refractivity contribution in [2.45, 2.75) is 11.0 Å². The highest BCUT2D eigenvalue weighted by Crippen LogP contribution is 2.25. The van der Waals surface area contributed by atoms with Gasteiger partial charge in [-0.2, -0.15) is 0 Å². The van der Waals surface area contributed by atoms with Gasteiger partial charge in [-0.15, -0.1) is 0 Å². The van der Waals surface area contributed by atoms with Crippen LogP contribution in [-0.4, -0.2) is 9.97 Å². The predicted molar refractivity (Wildman–Crippen MR) is 75.6 cm³/mol. The summed E-state index contributed by atoms with van der Waals surface area (Å²) in [6, 6.07) is 11.5. The van der Waals surface area contributed by atoms with E-state index in [1.807, 2.05) is 36.4 Å². The third-order valence-corrected chi connectivity index (χ3v) is 3.51. The van der Waals surface area contributed by atoms with Gasteiger partial charge >= 0.3 is 0 Å². The van der Waals surface area contributed by atoms with E-state index in [0.29, 0.717) is 11.0 Å². The Labute approximate surface area is 114 Å². The zero-order chi connectivity index (χ0) is 13.1. The SMILES string of the molecule is NNc1ccc(CSc2nc3ccccc3o2)cn1. The Hall–Kier alpha value is -2.05. The molecular formula is C13H12N4OS. The van der Waals surface area contributed by atoms with Crippen molar-refractivity contribution in [1.29, 1.82) is 0 Å². The topological polar surface area (TPSA) is 77.0 Å². The van der Waals surface area contributed by atoms with E-state index < -0.39 is 0 Å². The molecule has 0 atom stereocenters. The van der Waals surface area contributed by atoms with Gasteiger partial charge in [0.25, 0.3) is 5.22 Å². The number of oxazole rings is 1. The summed E-state index contributed by atoms with van der Waals surface area (Å²) in [6.07, 6.45) is 1.78. The Morgan fingerprint density at radius 1 is 1.21 bits per heavy atom. The van der Waals surface area contributed by atoms with Crippen molar-refractivity contribution < 1.29 is 4.42 Å². The number of aromatic nitrogens is 2. The number of benzene rings is 1. The fourth-order valence-electron chi connectivity index (χ4n) is 1.65. The van der Waals surface area contributed by atoms with Crippen LogP contribution in [0.3, 0.4) is 0 Å². The Morgan fingerprint density at radius 2 is 2.11 bits per heavy atom. The lowest BCUT2D eigenvalue weighted by Gasteiger charge is -2.00. The van der Waals surface area contributed by atoms with Gasteiger partial charge in [-0.05, 0) is 23.8 Å². The number of pyridine rings is 1. The summed E-state index contributed by atoms with van der Waals surface area (Å²) in [5, 5.41) is 0.669. The lowest BCUT2D eigenvalue weighted by atomic mass is 10.3. The van der Waals surface area contributed by atoms with E-state index in [1.54, 1.807) is 18.0 Å². The molecule has 6 heteroatoms. The van der Waals surface area contributed by atoms with Crippen LogP contribution in [0.15, 0.2) is 52.2 Å². The molecule has 19 heavy (non-hydrogen) atoms. The number of nitrogens with one attached hydrogen (secondary N) is 1. The van der Waals surface area contributed by atoms with Gasteiger partial charge in [0.1, 0.15) is 11.3 Å². The van der Waals surface area contributed by atoms with Gasteiger partial charge in [-0.1, -0.05) is 30.0 Å². The van der Waals surface area contributed by atoms with Crippen molar-refractivity contribution >= 4 is 28.7 Å². The van der Waals surface area contributed by atoms with E-state index in [0.717, 1.165) is 22.4 Å². The number of nitrogens with two attached hydrogens (primary N) is 1. The van der Waals surface area contributed by atoms with E-state index in [1.165, 1.54) is 0 Å². The minimum Gasteiger partial charge on any atom is -0.431 e. The van der Waals surface area contributed by atoms with E-state index in [4.69, 9.17) is 10.3 Å². The van der Waals surface area contributed by atoms with Crippen molar-refractivity contribution in [2.24, 2.45) is 5.84 Å². The first kappa shape index (κ1) is 12.0. The first-order chi connectivity index (χ1) is 9.35. The number of hydrogen-bond acceptors (Lipinski definition) is 6. The van der Waals surface area contributed by atoms with Crippen LogP contribution in [0.25, 0.3) is 11.1 Å². The molecule has 0 aliphatic heterocycles. The van der Waals surface area contributed by atoms with E-state index in [9.17, 15) is 0 Å². The number of anilines is 1. The maximum atomic E-state index is 5.63. The minimum atomic E-state index is 0.649. The normalized spacial score (nSPS) is 10.8. The summed E-state index contributed by atoms with van der Waals surface area (Å²) in [5.41, 5.74) is 5.28. The maximum absolute atomic E-state index is 5.63. The molecule has 5 nitrogen and oxygen atoms in total. The lowest BCUT2D eigenvalue weighted by Crippen LogP contribution is -2.08. The average molecular weight is 272 g/mol. The number of thioether (sulfide) groups is 1. The molecule has 0 fully saturated rings. The predicted octanol–water partition coefficient (Wildman–Crippen LogP) is 2.80. The summed E-state index contributed by atoms with van der Waals surface area (Å²) in [7, 11) is 0. The van der Waals surface area contributed by atoms with Crippen LogP contribution in [0.2, 0.25) is 0 Å². The van der Waals surface area contributed by atoms with Gasteiger partial charge in [0, 0.05) is 11.9 Å². The number of para-hydroxylation sites is 2. The quantitative estimate of drug-likeness (QED) is 0.432. The number of hydrazine groups is 1. The monoisotopic (exact) mass is 272 g/mol. The first-order valence-corrected chi connectivity index (χ1v) is 6.73. The molecule has 0 saturated carbocycles. The average Bonchev–Trinajstić information content (AvgIpc) is 2.88.